The molecule has 0 aliphatic carbocycles. The van der Waals surface area contributed by atoms with Gasteiger partial charge in [0.15, 0.2) is 0 Å². The van der Waals surface area contributed by atoms with E-state index < -0.39 is 16.0 Å². The zero-order valence-electron chi connectivity index (χ0n) is 14.0. The van der Waals surface area contributed by atoms with Gasteiger partial charge >= 0.3 is 0 Å². The van der Waals surface area contributed by atoms with Gasteiger partial charge in [-0.3, -0.25) is 9.00 Å². The van der Waals surface area contributed by atoms with Gasteiger partial charge in [0.1, 0.15) is 5.25 Å². The topological polar surface area (TPSA) is 66.4 Å². The summed E-state index contributed by atoms with van der Waals surface area (Å²) in [5.74, 6) is 0.0688. The lowest BCUT2D eigenvalue weighted by atomic mass is 10.1. The SMILES string of the molecule is CCc1ccc(NC(=O)C(C)S(=O)Cc2ccc(CO)cc2)cc1. The van der Waals surface area contributed by atoms with E-state index in [1.165, 1.54) is 5.56 Å². The Morgan fingerprint density at radius 3 is 2.12 bits per heavy atom. The van der Waals surface area contributed by atoms with Crippen LogP contribution in [0.5, 0.6) is 0 Å². The summed E-state index contributed by atoms with van der Waals surface area (Å²) < 4.78 is 12.4. The van der Waals surface area contributed by atoms with Crippen molar-refractivity contribution in [1.29, 1.82) is 0 Å². The second kappa shape index (κ2) is 8.76. The maximum atomic E-state index is 12.4. The molecule has 0 fully saturated rings. The molecule has 2 N–H and O–H groups in total. The first-order valence-electron chi connectivity index (χ1n) is 7.99. The van der Waals surface area contributed by atoms with E-state index in [0.717, 1.165) is 17.5 Å². The Morgan fingerprint density at radius 1 is 1.04 bits per heavy atom. The van der Waals surface area contributed by atoms with Crippen molar-refractivity contribution in [1.82, 2.24) is 0 Å². The number of carbonyl (C=O) groups excluding carboxylic acids is 1. The molecule has 0 aliphatic heterocycles. The number of anilines is 1. The molecule has 4 nitrogen and oxygen atoms in total. The molecule has 2 aromatic carbocycles. The predicted octanol–water partition coefficient (Wildman–Crippen LogP) is 3.02. The minimum atomic E-state index is -1.31. The van der Waals surface area contributed by atoms with Crippen molar-refractivity contribution >= 4 is 22.4 Å². The number of benzene rings is 2. The van der Waals surface area contributed by atoms with Gasteiger partial charge in [-0.15, -0.1) is 0 Å². The number of hydrogen-bond acceptors (Lipinski definition) is 3. The molecule has 2 unspecified atom stereocenters. The van der Waals surface area contributed by atoms with E-state index in [1.54, 1.807) is 19.1 Å². The van der Waals surface area contributed by atoms with Crippen LogP contribution in [0, 0.1) is 0 Å². The van der Waals surface area contributed by atoms with Crippen LogP contribution in [0.4, 0.5) is 5.69 Å². The first kappa shape index (κ1) is 18.4. The van der Waals surface area contributed by atoms with E-state index >= 15 is 0 Å². The molecule has 2 aromatic rings. The van der Waals surface area contributed by atoms with Gasteiger partial charge < -0.3 is 10.4 Å². The molecule has 0 bridgehead atoms. The Morgan fingerprint density at radius 2 is 1.58 bits per heavy atom. The first-order valence-corrected chi connectivity index (χ1v) is 9.37. The standard InChI is InChI=1S/C19H23NO3S/c1-3-15-8-10-18(11-9-15)20-19(22)14(2)24(23)13-17-6-4-16(12-21)5-7-17/h4-11,14,21H,3,12-13H2,1-2H3,(H,20,22). The summed E-state index contributed by atoms with van der Waals surface area (Å²) in [6.07, 6.45) is 0.948. The van der Waals surface area contributed by atoms with Crippen LogP contribution in [0.15, 0.2) is 48.5 Å². The molecule has 128 valence electrons. The van der Waals surface area contributed by atoms with Crippen LogP contribution in [0.3, 0.4) is 0 Å². The molecule has 0 spiro atoms. The fraction of sp³-hybridized carbons (Fsp3) is 0.316. The minimum absolute atomic E-state index is 0.0149. The molecular formula is C19H23NO3S. The van der Waals surface area contributed by atoms with Gasteiger partial charge in [-0.05, 0) is 42.2 Å². The second-order valence-electron chi connectivity index (χ2n) is 5.68. The number of nitrogens with one attached hydrogen (secondary N) is 1. The van der Waals surface area contributed by atoms with E-state index in [1.807, 2.05) is 36.4 Å². The van der Waals surface area contributed by atoms with Crippen LogP contribution in [0.25, 0.3) is 0 Å². The number of hydrogen-bond donors (Lipinski definition) is 2. The highest BCUT2D eigenvalue weighted by Gasteiger charge is 2.20. The normalized spacial score (nSPS) is 13.3. The molecule has 2 rings (SSSR count). The molecule has 0 heterocycles. The number of aryl methyl sites for hydroxylation is 1. The average molecular weight is 345 g/mol. The van der Waals surface area contributed by atoms with Crippen LogP contribution in [0.2, 0.25) is 0 Å². The van der Waals surface area contributed by atoms with Crippen molar-refractivity contribution in [3.63, 3.8) is 0 Å². The number of carbonyl (C=O) groups is 1. The highest BCUT2D eigenvalue weighted by Crippen LogP contribution is 2.13. The number of aliphatic hydroxyl groups excluding tert-OH is 1. The third-order valence-electron chi connectivity index (χ3n) is 3.91. The lowest BCUT2D eigenvalue weighted by Crippen LogP contribution is -2.29. The highest BCUT2D eigenvalue weighted by atomic mass is 32.2. The molecule has 0 saturated heterocycles. The Bertz CT molecular complexity index is 634. The Hall–Kier alpha value is -1.98. The van der Waals surface area contributed by atoms with Gasteiger partial charge in [-0.1, -0.05) is 43.3 Å². The lowest BCUT2D eigenvalue weighted by molar-refractivity contribution is -0.115. The third kappa shape index (κ3) is 5.01. The van der Waals surface area contributed by atoms with Crippen molar-refractivity contribution in [3.05, 3.63) is 65.2 Å². The highest BCUT2D eigenvalue weighted by molar-refractivity contribution is 7.85. The predicted molar refractivity (Wildman–Crippen MR) is 98.1 cm³/mol. The van der Waals surface area contributed by atoms with Crippen molar-refractivity contribution in [2.75, 3.05) is 5.32 Å². The summed E-state index contributed by atoms with van der Waals surface area (Å²) in [7, 11) is -1.31. The van der Waals surface area contributed by atoms with Crippen LogP contribution < -0.4 is 5.32 Å². The summed E-state index contributed by atoms with van der Waals surface area (Å²) in [5, 5.41) is 11.2. The zero-order valence-corrected chi connectivity index (χ0v) is 14.8. The quantitative estimate of drug-likeness (QED) is 0.811. The van der Waals surface area contributed by atoms with Gasteiger partial charge in [0, 0.05) is 22.2 Å². The largest absolute Gasteiger partial charge is 0.392 e. The Kier molecular flexibility index (Phi) is 6.70. The van der Waals surface area contributed by atoms with Crippen molar-refractivity contribution in [2.24, 2.45) is 0 Å². The summed E-state index contributed by atoms with van der Waals surface area (Å²) in [5.41, 5.74) is 3.62. The average Bonchev–Trinajstić information content (AvgIpc) is 2.62. The Labute approximate surface area is 145 Å². The van der Waals surface area contributed by atoms with E-state index in [2.05, 4.69) is 12.2 Å². The van der Waals surface area contributed by atoms with Crippen molar-refractivity contribution in [2.45, 2.75) is 37.9 Å². The summed E-state index contributed by atoms with van der Waals surface area (Å²) in [6.45, 7) is 3.73. The van der Waals surface area contributed by atoms with Crippen LogP contribution in [-0.4, -0.2) is 20.5 Å². The fourth-order valence-electron chi connectivity index (χ4n) is 2.22. The third-order valence-corrected chi connectivity index (χ3v) is 5.53. The summed E-state index contributed by atoms with van der Waals surface area (Å²) >= 11 is 0. The molecule has 0 aliphatic rings. The second-order valence-corrected chi connectivity index (χ2v) is 7.44. The van der Waals surface area contributed by atoms with Crippen molar-refractivity contribution in [3.8, 4) is 0 Å². The summed E-state index contributed by atoms with van der Waals surface area (Å²) in [6, 6.07) is 14.9. The van der Waals surface area contributed by atoms with Crippen LogP contribution in [-0.2, 0) is 34.4 Å². The van der Waals surface area contributed by atoms with Crippen LogP contribution in [0.1, 0.15) is 30.5 Å². The van der Waals surface area contributed by atoms with E-state index in [4.69, 9.17) is 5.11 Å². The smallest absolute Gasteiger partial charge is 0.239 e. The molecular weight excluding hydrogens is 322 g/mol. The van der Waals surface area contributed by atoms with E-state index in [-0.39, 0.29) is 12.5 Å². The van der Waals surface area contributed by atoms with Gasteiger partial charge in [0.2, 0.25) is 5.91 Å². The molecule has 5 heteroatoms. The minimum Gasteiger partial charge on any atom is -0.392 e. The Balaban J connectivity index is 1.94. The number of amides is 1. The van der Waals surface area contributed by atoms with E-state index in [9.17, 15) is 9.00 Å². The van der Waals surface area contributed by atoms with Gasteiger partial charge in [0.25, 0.3) is 0 Å². The fourth-order valence-corrected chi connectivity index (χ4v) is 3.29. The lowest BCUT2D eigenvalue weighted by Gasteiger charge is -2.13. The van der Waals surface area contributed by atoms with Gasteiger partial charge in [-0.25, -0.2) is 0 Å². The maximum absolute atomic E-state index is 12.4. The van der Waals surface area contributed by atoms with Gasteiger partial charge in [-0.2, -0.15) is 0 Å². The summed E-state index contributed by atoms with van der Waals surface area (Å²) in [4.78, 5) is 12.3. The molecule has 2 atom stereocenters. The van der Waals surface area contributed by atoms with Crippen LogP contribution >= 0.6 is 0 Å². The molecule has 0 radical (unpaired) electrons. The number of aliphatic hydroxyl groups is 1. The molecule has 24 heavy (non-hydrogen) atoms. The number of rotatable bonds is 7. The zero-order chi connectivity index (χ0) is 17.5. The van der Waals surface area contributed by atoms with Crippen molar-refractivity contribution < 1.29 is 14.1 Å². The van der Waals surface area contributed by atoms with Gasteiger partial charge in [0.05, 0.1) is 6.61 Å². The van der Waals surface area contributed by atoms with E-state index in [0.29, 0.717) is 11.4 Å². The monoisotopic (exact) mass is 345 g/mol. The molecule has 1 amide bonds. The maximum Gasteiger partial charge on any atom is 0.239 e. The first-order chi connectivity index (χ1) is 11.5. The molecule has 0 saturated carbocycles. The molecule has 0 aromatic heterocycles.